The van der Waals surface area contributed by atoms with E-state index in [0.717, 1.165) is 0 Å². The Labute approximate surface area is 198 Å². The fourth-order valence-corrected chi connectivity index (χ4v) is 2.82. The predicted octanol–water partition coefficient (Wildman–Crippen LogP) is 3.62. The number of esters is 1. The molecule has 0 saturated carbocycles. The molecule has 2 unspecified atom stereocenters. The molecule has 0 radical (unpaired) electrons. The Morgan fingerprint density at radius 1 is 0.971 bits per heavy atom. The molecule has 0 amide bonds. The maximum absolute atomic E-state index is 12.2. The zero-order chi connectivity index (χ0) is 26.1. The van der Waals surface area contributed by atoms with Crippen molar-refractivity contribution in [1.82, 2.24) is 0 Å². The molecule has 0 saturated heterocycles. The van der Waals surface area contributed by atoms with Crippen molar-refractivity contribution >= 4 is 24.2 Å². The summed E-state index contributed by atoms with van der Waals surface area (Å²) in [6, 6.07) is 2.73. The molecule has 190 valence electrons. The van der Waals surface area contributed by atoms with Crippen molar-refractivity contribution in [3.8, 4) is 11.5 Å². The van der Waals surface area contributed by atoms with Crippen LogP contribution in [0.5, 0.6) is 11.5 Å². The van der Waals surface area contributed by atoms with Gasteiger partial charge in [-0.05, 0) is 65.7 Å². The van der Waals surface area contributed by atoms with E-state index in [1.807, 2.05) is 0 Å². The highest BCUT2D eigenvalue weighted by molar-refractivity contribution is 5.76. The van der Waals surface area contributed by atoms with E-state index in [2.05, 4.69) is 0 Å². The number of hydrogen-bond acceptors (Lipinski definition) is 10. The van der Waals surface area contributed by atoms with Gasteiger partial charge in [0.2, 0.25) is 0 Å². The van der Waals surface area contributed by atoms with Gasteiger partial charge in [0.15, 0.2) is 11.5 Å². The van der Waals surface area contributed by atoms with Crippen LogP contribution in [0.15, 0.2) is 18.2 Å². The molecule has 0 spiro atoms. The predicted molar refractivity (Wildman–Crippen MR) is 120 cm³/mol. The Kier molecular flexibility index (Phi) is 10.8. The molecule has 3 atom stereocenters. The number of carboxylic acids is 1. The van der Waals surface area contributed by atoms with Gasteiger partial charge in [-0.15, -0.1) is 0 Å². The highest BCUT2D eigenvalue weighted by Crippen LogP contribution is 2.35. The van der Waals surface area contributed by atoms with Crippen molar-refractivity contribution in [3.63, 3.8) is 0 Å². The number of rotatable bonds is 10. The first-order valence-electron chi connectivity index (χ1n) is 10.8. The third-order valence-electron chi connectivity index (χ3n) is 4.53. The van der Waals surface area contributed by atoms with Crippen LogP contribution < -0.4 is 15.2 Å². The lowest BCUT2D eigenvalue weighted by Gasteiger charge is -2.27. The number of hydrogen-bond donors (Lipinski definition) is 2. The number of aliphatic carboxylic acids is 1. The van der Waals surface area contributed by atoms with E-state index in [0.29, 0.717) is 5.56 Å². The third-order valence-corrected chi connectivity index (χ3v) is 4.53. The van der Waals surface area contributed by atoms with Crippen LogP contribution >= 0.6 is 0 Å². The zero-order valence-corrected chi connectivity index (χ0v) is 20.3. The lowest BCUT2D eigenvalue weighted by molar-refractivity contribution is -0.158. The lowest BCUT2D eigenvalue weighted by Crippen LogP contribution is -2.39. The van der Waals surface area contributed by atoms with Gasteiger partial charge in [-0.1, -0.05) is 6.07 Å². The number of carboxylic acid groups (broad SMARTS) is 1. The molecule has 0 fully saturated rings. The molecule has 11 nitrogen and oxygen atoms in total. The highest BCUT2D eigenvalue weighted by atomic mass is 16.7. The van der Waals surface area contributed by atoms with E-state index in [1.54, 1.807) is 41.5 Å². The van der Waals surface area contributed by atoms with Gasteiger partial charge in [0.25, 0.3) is 0 Å². The zero-order valence-electron chi connectivity index (χ0n) is 20.3. The number of benzene rings is 1. The Morgan fingerprint density at radius 3 is 1.97 bits per heavy atom. The Hall–Kier alpha value is -3.34. The highest BCUT2D eigenvalue weighted by Gasteiger charge is 2.32. The van der Waals surface area contributed by atoms with Gasteiger partial charge in [-0.3, -0.25) is 9.59 Å². The maximum atomic E-state index is 12.2. The molecule has 11 heteroatoms. The summed E-state index contributed by atoms with van der Waals surface area (Å²) in [5, 5.41) is 9.53. The van der Waals surface area contributed by atoms with Gasteiger partial charge in [0, 0.05) is 5.92 Å². The summed E-state index contributed by atoms with van der Waals surface area (Å²) in [5.41, 5.74) is 5.54. The Balaban J connectivity index is 3.33. The summed E-state index contributed by atoms with van der Waals surface area (Å²) >= 11 is 0. The summed E-state index contributed by atoms with van der Waals surface area (Å²) in [7, 11) is 0. The van der Waals surface area contributed by atoms with Crippen molar-refractivity contribution in [2.24, 2.45) is 11.1 Å². The molecule has 0 aromatic heterocycles. The second kappa shape index (κ2) is 12.8. The van der Waals surface area contributed by atoms with E-state index in [1.165, 1.54) is 18.2 Å². The summed E-state index contributed by atoms with van der Waals surface area (Å²) < 4.78 is 25.2. The van der Waals surface area contributed by atoms with Crippen LogP contribution in [0.4, 0.5) is 9.59 Å². The molecule has 1 aromatic carbocycles. The number of ether oxygens (including phenoxy) is 5. The number of nitrogens with two attached hydrogens (primary N) is 1. The van der Waals surface area contributed by atoms with Crippen molar-refractivity contribution in [1.29, 1.82) is 0 Å². The standard InChI is InChI=1S/C23H33NO10/c1-7-30-21(28)33-16-10-9-14(12-17(16)34-22(29)31-8-2)15(18(24)19(25)26)11-13(3)32-20(27)23(4,5)6/h9-10,12-13,15,18H,7-8,11,24H2,1-6H3,(H,25,26)/t13?,15?,18-/m0/s1. The molecule has 0 aliphatic heterocycles. The fourth-order valence-electron chi connectivity index (χ4n) is 2.82. The molecule has 0 aliphatic carbocycles. The topological polar surface area (TPSA) is 161 Å². The van der Waals surface area contributed by atoms with E-state index in [-0.39, 0.29) is 31.1 Å². The molecule has 3 N–H and O–H groups in total. The van der Waals surface area contributed by atoms with Gasteiger partial charge in [0.1, 0.15) is 6.04 Å². The SMILES string of the molecule is CCOC(=O)Oc1ccc(C(CC(C)OC(=O)C(C)(C)C)[C@H](N)C(=O)O)cc1OC(=O)OCC. The minimum absolute atomic E-state index is 0.0375. The first-order chi connectivity index (χ1) is 15.8. The number of carbonyl (C=O) groups is 4. The van der Waals surface area contributed by atoms with E-state index >= 15 is 0 Å². The largest absolute Gasteiger partial charge is 0.513 e. The lowest BCUT2D eigenvalue weighted by atomic mass is 9.86. The molecular formula is C23H33NO10. The summed E-state index contributed by atoms with van der Waals surface area (Å²) in [6.45, 7) is 9.99. The van der Waals surface area contributed by atoms with E-state index < -0.39 is 47.7 Å². The third kappa shape index (κ3) is 8.89. The molecular weight excluding hydrogens is 450 g/mol. The monoisotopic (exact) mass is 483 g/mol. The molecule has 1 aromatic rings. The Bertz CT molecular complexity index is 877. The van der Waals surface area contributed by atoms with Gasteiger partial charge in [-0.2, -0.15) is 0 Å². The normalized spacial score (nSPS) is 13.7. The minimum Gasteiger partial charge on any atom is -0.480 e. The quantitative estimate of drug-likeness (QED) is 0.284. The summed E-state index contributed by atoms with van der Waals surface area (Å²) in [4.78, 5) is 47.6. The van der Waals surface area contributed by atoms with Crippen LogP contribution in [0.2, 0.25) is 0 Å². The molecule has 1 rings (SSSR count). The van der Waals surface area contributed by atoms with Gasteiger partial charge >= 0.3 is 24.2 Å². The maximum Gasteiger partial charge on any atom is 0.513 e. The fraction of sp³-hybridized carbons (Fsp3) is 0.565. The smallest absolute Gasteiger partial charge is 0.480 e. The summed E-state index contributed by atoms with van der Waals surface area (Å²) in [6.07, 6.45) is -2.69. The minimum atomic E-state index is -1.37. The van der Waals surface area contributed by atoms with Crippen LogP contribution in [-0.4, -0.2) is 54.7 Å². The first-order valence-corrected chi connectivity index (χ1v) is 10.8. The average Bonchev–Trinajstić information content (AvgIpc) is 2.72. The van der Waals surface area contributed by atoms with Crippen molar-refractivity contribution in [2.45, 2.75) is 66.0 Å². The van der Waals surface area contributed by atoms with Crippen molar-refractivity contribution in [3.05, 3.63) is 23.8 Å². The van der Waals surface area contributed by atoms with Crippen molar-refractivity contribution in [2.75, 3.05) is 13.2 Å². The van der Waals surface area contributed by atoms with Gasteiger partial charge in [0.05, 0.1) is 24.7 Å². The second-order valence-corrected chi connectivity index (χ2v) is 8.45. The van der Waals surface area contributed by atoms with Crippen LogP contribution in [0.25, 0.3) is 0 Å². The average molecular weight is 484 g/mol. The van der Waals surface area contributed by atoms with Crippen LogP contribution in [0, 0.1) is 5.41 Å². The second-order valence-electron chi connectivity index (χ2n) is 8.45. The molecule has 34 heavy (non-hydrogen) atoms. The van der Waals surface area contributed by atoms with E-state index in [9.17, 15) is 24.3 Å². The van der Waals surface area contributed by atoms with Gasteiger partial charge < -0.3 is 34.5 Å². The van der Waals surface area contributed by atoms with Crippen LogP contribution in [-0.2, 0) is 23.8 Å². The van der Waals surface area contributed by atoms with Crippen LogP contribution in [0.3, 0.4) is 0 Å². The molecule has 0 aliphatic rings. The first kappa shape index (κ1) is 28.7. The van der Waals surface area contributed by atoms with Crippen molar-refractivity contribution < 1.29 is 48.0 Å². The molecule has 0 heterocycles. The summed E-state index contributed by atoms with van der Waals surface area (Å²) in [5.74, 6) is -2.93. The van der Waals surface area contributed by atoms with Crippen LogP contribution in [0.1, 0.15) is 59.4 Å². The molecule has 0 bridgehead atoms. The Morgan fingerprint density at radius 2 is 1.50 bits per heavy atom. The van der Waals surface area contributed by atoms with E-state index in [4.69, 9.17) is 29.4 Å². The van der Waals surface area contributed by atoms with Gasteiger partial charge in [-0.25, -0.2) is 9.59 Å². The number of carbonyl (C=O) groups excluding carboxylic acids is 3.